The molecule has 1 aromatic carbocycles. The minimum Gasteiger partial charge on any atom is -0.495 e. The fourth-order valence-corrected chi connectivity index (χ4v) is 2.40. The Morgan fingerprint density at radius 1 is 1.26 bits per heavy atom. The van der Waals surface area contributed by atoms with E-state index in [-0.39, 0.29) is 0 Å². The second-order valence-corrected chi connectivity index (χ2v) is 4.68. The average molecular weight is 294 g/mol. The lowest BCUT2D eigenvalue weighted by atomic mass is 10.2. The van der Waals surface area contributed by atoms with Gasteiger partial charge < -0.3 is 4.74 Å². The van der Waals surface area contributed by atoms with Crippen LogP contribution in [0.2, 0.25) is 10.0 Å². The second-order valence-electron chi connectivity index (χ2n) is 3.89. The fourth-order valence-electron chi connectivity index (χ4n) is 1.87. The Hall–Kier alpha value is -1.78. The van der Waals surface area contributed by atoms with Gasteiger partial charge >= 0.3 is 0 Å². The largest absolute Gasteiger partial charge is 0.495 e. The van der Waals surface area contributed by atoms with Gasteiger partial charge in [0.2, 0.25) is 0 Å². The number of hydrogen-bond donors (Lipinski definition) is 0. The molecule has 2 aromatic heterocycles. The molecule has 0 N–H and O–H groups in total. The van der Waals surface area contributed by atoms with E-state index in [1.165, 1.54) is 0 Å². The molecule has 0 bridgehead atoms. The Morgan fingerprint density at radius 2 is 2.11 bits per heavy atom. The first-order valence-electron chi connectivity index (χ1n) is 5.53. The van der Waals surface area contributed by atoms with E-state index in [1.807, 2.05) is 12.1 Å². The third-order valence-corrected chi connectivity index (χ3v) is 3.46. The number of halogens is 2. The molecule has 4 nitrogen and oxygen atoms in total. The van der Waals surface area contributed by atoms with E-state index in [0.717, 1.165) is 5.39 Å². The molecule has 0 amide bonds. The summed E-state index contributed by atoms with van der Waals surface area (Å²) in [7, 11) is 1.56. The van der Waals surface area contributed by atoms with Gasteiger partial charge in [-0.25, -0.2) is 9.67 Å². The summed E-state index contributed by atoms with van der Waals surface area (Å²) in [6.45, 7) is 0. The van der Waals surface area contributed by atoms with Gasteiger partial charge in [0.25, 0.3) is 0 Å². The zero-order chi connectivity index (χ0) is 13.4. The van der Waals surface area contributed by atoms with Crippen LogP contribution in [0.5, 0.6) is 5.75 Å². The van der Waals surface area contributed by atoms with Crippen molar-refractivity contribution >= 4 is 34.1 Å². The van der Waals surface area contributed by atoms with Crippen LogP contribution in [-0.2, 0) is 0 Å². The lowest BCUT2D eigenvalue weighted by Crippen LogP contribution is -1.99. The van der Waals surface area contributed by atoms with Crippen LogP contribution in [-0.4, -0.2) is 21.9 Å². The molecular formula is C13H9Cl2N3O. The van der Waals surface area contributed by atoms with Crippen LogP contribution < -0.4 is 4.74 Å². The number of nitrogens with zero attached hydrogens (tertiary/aromatic N) is 3. The number of benzene rings is 1. The van der Waals surface area contributed by atoms with Crippen LogP contribution >= 0.6 is 23.2 Å². The molecule has 0 saturated heterocycles. The maximum atomic E-state index is 6.27. The molecular weight excluding hydrogens is 285 g/mol. The van der Waals surface area contributed by atoms with Crippen molar-refractivity contribution in [2.45, 2.75) is 0 Å². The summed E-state index contributed by atoms with van der Waals surface area (Å²) in [6.07, 6.45) is 3.46. The van der Waals surface area contributed by atoms with Gasteiger partial charge in [0.1, 0.15) is 10.8 Å². The molecule has 0 unspecified atom stereocenters. The fraction of sp³-hybridized carbons (Fsp3) is 0.0769. The van der Waals surface area contributed by atoms with Gasteiger partial charge in [0, 0.05) is 23.8 Å². The summed E-state index contributed by atoms with van der Waals surface area (Å²) in [4.78, 5) is 4.49. The summed E-state index contributed by atoms with van der Waals surface area (Å²) in [5, 5.41) is 5.92. The molecule has 96 valence electrons. The lowest BCUT2D eigenvalue weighted by Gasteiger charge is -2.09. The minimum absolute atomic E-state index is 0.441. The van der Waals surface area contributed by atoms with E-state index >= 15 is 0 Å². The first kappa shape index (κ1) is 12.3. The monoisotopic (exact) mass is 293 g/mol. The average Bonchev–Trinajstić information content (AvgIpc) is 2.94. The van der Waals surface area contributed by atoms with E-state index in [2.05, 4.69) is 10.1 Å². The molecule has 0 aliphatic heterocycles. The van der Waals surface area contributed by atoms with Gasteiger partial charge in [-0.05, 0) is 18.2 Å². The highest BCUT2D eigenvalue weighted by atomic mass is 35.5. The third kappa shape index (κ3) is 2.03. The highest BCUT2D eigenvalue weighted by Gasteiger charge is 2.12. The molecule has 3 aromatic rings. The van der Waals surface area contributed by atoms with Crippen LogP contribution in [0.1, 0.15) is 0 Å². The second kappa shape index (κ2) is 4.72. The molecule has 19 heavy (non-hydrogen) atoms. The predicted molar refractivity (Wildman–Crippen MR) is 75.4 cm³/mol. The standard InChI is InChI=1S/C13H9Cl2N3O/c1-19-10-4-3-8-9(14)7-11(17-13(8)12(10)15)18-6-2-5-16-18/h2-7H,1H3. The zero-order valence-electron chi connectivity index (χ0n) is 9.97. The van der Waals surface area contributed by atoms with Gasteiger partial charge in [-0.1, -0.05) is 23.2 Å². The van der Waals surface area contributed by atoms with Crippen molar-refractivity contribution in [3.05, 3.63) is 46.7 Å². The van der Waals surface area contributed by atoms with E-state index < -0.39 is 0 Å². The molecule has 2 heterocycles. The SMILES string of the molecule is COc1ccc2c(Cl)cc(-n3cccn3)nc2c1Cl. The van der Waals surface area contributed by atoms with Crippen molar-refractivity contribution in [2.24, 2.45) is 0 Å². The van der Waals surface area contributed by atoms with Crippen LogP contribution in [0.3, 0.4) is 0 Å². The minimum atomic E-state index is 0.441. The molecule has 0 spiro atoms. The number of pyridine rings is 1. The van der Waals surface area contributed by atoms with Crippen LogP contribution in [0.15, 0.2) is 36.7 Å². The number of hydrogen-bond acceptors (Lipinski definition) is 3. The highest BCUT2D eigenvalue weighted by Crippen LogP contribution is 2.35. The molecule has 0 aliphatic carbocycles. The molecule has 0 radical (unpaired) electrons. The first-order chi connectivity index (χ1) is 9.20. The van der Waals surface area contributed by atoms with Gasteiger partial charge in [-0.15, -0.1) is 0 Å². The molecule has 0 saturated carbocycles. The maximum Gasteiger partial charge on any atom is 0.155 e. The Balaban J connectivity index is 2.32. The molecule has 0 atom stereocenters. The zero-order valence-corrected chi connectivity index (χ0v) is 11.5. The van der Waals surface area contributed by atoms with Crippen molar-refractivity contribution < 1.29 is 4.74 Å². The summed E-state index contributed by atoms with van der Waals surface area (Å²) in [6, 6.07) is 7.17. The Labute approximate surface area is 119 Å². The predicted octanol–water partition coefficient (Wildman–Crippen LogP) is 3.74. The van der Waals surface area contributed by atoms with Gasteiger partial charge in [-0.2, -0.15) is 5.10 Å². The summed E-state index contributed by atoms with van der Waals surface area (Å²) >= 11 is 12.5. The third-order valence-electron chi connectivity index (χ3n) is 2.78. The molecule has 0 fully saturated rings. The van der Waals surface area contributed by atoms with Crippen LogP contribution in [0, 0.1) is 0 Å². The summed E-state index contributed by atoms with van der Waals surface area (Å²) in [5.41, 5.74) is 0.596. The Bertz CT molecular complexity index is 741. The van der Waals surface area contributed by atoms with Crippen molar-refractivity contribution in [3.63, 3.8) is 0 Å². The van der Waals surface area contributed by atoms with E-state index in [1.54, 1.807) is 36.3 Å². The number of aromatic nitrogens is 3. The normalized spacial score (nSPS) is 10.9. The number of ether oxygens (including phenoxy) is 1. The number of fused-ring (bicyclic) bond motifs is 1. The van der Waals surface area contributed by atoms with Crippen LogP contribution in [0.25, 0.3) is 16.7 Å². The summed E-state index contributed by atoms with van der Waals surface area (Å²) in [5.74, 6) is 1.17. The van der Waals surface area contributed by atoms with Crippen molar-refractivity contribution in [1.29, 1.82) is 0 Å². The van der Waals surface area contributed by atoms with E-state index in [0.29, 0.717) is 27.1 Å². The lowest BCUT2D eigenvalue weighted by molar-refractivity contribution is 0.415. The molecule has 6 heteroatoms. The van der Waals surface area contributed by atoms with Crippen molar-refractivity contribution in [1.82, 2.24) is 14.8 Å². The van der Waals surface area contributed by atoms with Gasteiger partial charge in [0.15, 0.2) is 5.82 Å². The summed E-state index contributed by atoms with van der Waals surface area (Å²) < 4.78 is 6.81. The molecule has 3 rings (SSSR count). The quantitative estimate of drug-likeness (QED) is 0.723. The van der Waals surface area contributed by atoms with Crippen LogP contribution in [0.4, 0.5) is 0 Å². The van der Waals surface area contributed by atoms with E-state index in [4.69, 9.17) is 27.9 Å². The smallest absolute Gasteiger partial charge is 0.155 e. The van der Waals surface area contributed by atoms with Crippen molar-refractivity contribution in [2.75, 3.05) is 7.11 Å². The topological polar surface area (TPSA) is 39.9 Å². The van der Waals surface area contributed by atoms with Gasteiger partial charge in [-0.3, -0.25) is 0 Å². The van der Waals surface area contributed by atoms with Gasteiger partial charge in [0.05, 0.1) is 17.6 Å². The Kier molecular flexibility index (Phi) is 3.05. The maximum absolute atomic E-state index is 6.27. The highest BCUT2D eigenvalue weighted by molar-refractivity contribution is 6.40. The van der Waals surface area contributed by atoms with E-state index in [9.17, 15) is 0 Å². The number of methoxy groups -OCH3 is 1. The molecule has 0 aliphatic rings. The number of rotatable bonds is 2. The first-order valence-corrected chi connectivity index (χ1v) is 6.29. The Morgan fingerprint density at radius 3 is 2.79 bits per heavy atom. The van der Waals surface area contributed by atoms with Crippen molar-refractivity contribution in [3.8, 4) is 11.6 Å².